The largest absolute Gasteiger partial charge is 0.478 e. The van der Waals surface area contributed by atoms with E-state index in [9.17, 15) is 19.5 Å². The number of nitrogens with zero attached hydrogens (tertiary/aromatic N) is 1. The lowest BCUT2D eigenvalue weighted by atomic mass is 10.1. The lowest BCUT2D eigenvalue weighted by molar-refractivity contribution is -0.115. The molecule has 3 N–H and O–H groups in total. The number of nitrogens with one attached hydrogen (secondary N) is 2. The quantitative estimate of drug-likeness (QED) is 0.186. The van der Waals surface area contributed by atoms with Crippen molar-refractivity contribution in [3.63, 3.8) is 0 Å². The number of aromatic carboxylic acids is 1. The highest BCUT2D eigenvalue weighted by atomic mass is 32.2. The second-order valence-electron chi connectivity index (χ2n) is 9.92. The van der Waals surface area contributed by atoms with Gasteiger partial charge in [0.1, 0.15) is 5.25 Å². The number of carboxylic acids is 1. The van der Waals surface area contributed by atoms with Crippen LogP contribution in [0.15, 0.2) is 137 Å². The molecule has 7 nitrogen and oxygen atoms in total. The van der Waals surface area contributed by atoms with Gasteiger partial charge in [0, 0.05) is 21.2 Å². The molecule has 1 aliphatic heterocycles. The normalized spacial score (nSPS) is 17.3. The molecule has 0 saturated carbocycles. The van der Waals surface area contributed by atoms with E-state index in [2.05, 4.69) is 22.8 Å². The van der Waals surface area contributed by atoms with Crippen LogP contribution in [0.25, 0.3) is 0 Å². The van der Waals surface area contributed by atoms with Gasteiger partial charge in [-0.25, -0.2) is 9.59 Å². The van der Waals surface area contributed by atoms with Gasteiger partial charge in [-0.3, -0.25) is 9.69 Å². The average molecular weight is 606 g/mol. The van der Waals surface area contributed by atoms with Crippen LogP contribution in [0.5, 0.6) is 0 Å². The molecule has 214 valence electrons. The molecule has 0 fully saturated rings. The number of allylic oxidation sites excluding steroid dienone is 2. The van der Waals surface area contributed by atoms with E-state index in [1.165, 1.54) is 23.9 Å². The van der Waals surface area contributed by atoms with Crippen molar-refractivity contribution in [1.82, 2.24) is 0 Å². The Hall–Kier alpha value is -4.73. The second kappa shape index (κ2) is 12.6. The van der Waals surface area contributed by atoms with Crippen LogP contribution in [0.2, 0.25) is 0 Å². The summed E-state index contributed by atoms with van der Waals surface area (Å²) in [7, 11) is 0. The predicted molar refractivity (Wildman–Crippen MR) is 173 cm³/mol. The monoisotopic (exact) mass is 605 g/mol. The van der Waals surface area contributed by atoms with Crippen LogP contribution in [0.4, 0.5) is 21.9 Å². The van der Waals surface area contributed by atoms with Crippen LogP contribution in [-0.4, -0.2) is 34.3 Å². The van der Waals surface area contributed by atoms with Crippen LogP contribution in [-0.2, 0) is 4.79 Å². The van der Waals surface area contributed by atoms with Gasteiger partial charge in [0.2, 0.25) is 5.91 Å². The molecule has 0 spiro atoms. The molecule has 4 aromatic rings. The van der Waals surface area contributed by atoms with E-state index < -0.39 is 11.2 Å². The molecule has 0 bridgehead atoms. The SMILES string of the molecule is O=C(O)c1ccc(NC(=O)C(Sc2cccc(NC(=O)N3c4ccccc4SC4C=CC=CC43)c2)c2ccccc2)cc1. The van der Waals surface area contributed by atoms with Gasteiger partial charge in [-0.1, -0.05) is 72.8 Å². The van der Waals surface area contributed by atoms with Crippen LogP contribution in [0, 0.1) is 0 Å². The number of rotatable bonds is 7. The van der Waals surface area contributed by atoms with E-state index in [0.717, 1.165) is 21.0 Å². The summed E-state index contributed by atoms with van der Waals surface area (Å²) in [4.78, 5) is 42.1. The Morgan fingerprint density at radius 3 is 2.33 bits per heavy atom. The first-order valence-electron chi connectivity index (χ1n) is 13.6. The number of carbonyl (C=O) groups is 3. The highest BCUT2D eigenvalue weighted by molar-refractivity contribution is 8.00. The number of amides is 3. The minimum Gasteiger partial charge on any atom is -0.478 e. The zero-order chi connectivity index (χ0) is 29.8. The third kappa shape index (κ3) is 6.38. The number of hydrogen-bond acceptors (Lipinski definition) is 5. The van der Waals surface area contributed by atoms with E-state index in [1.54, 1.807) is 23.9 Å². The summed E-state index contributed by atoms with van der Waals surface area (Å²) in [5.41, 5.74) is 2.95. The van der Waals surface area contributed by atoms with Gasteiger partial charge in [-0.05, 0) is 60.2 Å². The molecule has 1 aliphatic carbocycles. The number of thioether (sulfide) groups is 2. The maximum absolute atomic E-state index is 13.8. The average Bonchev–Trinajstić information content (AvgIpc) is 3.03. The van der Waals surface area contributed by atoms with Gasteiger partial charge < -0.3 is 15.7 Å². The molecular formula is C34H27N3O4S2. The van der Waals surface area contributed by atoms with Crippen LogP contribution in [0.1, 0.15) is 21.2 Å². The molecule has 9 heteroatoms. The van der Waals surface area contributed by atoms with Crippen LogP contribution < -0.4 is 15.5 Å². The first-order chi connectivity index (χ1) is 21.0. The van der Waals surface area contributed by atoms with Crippen molar-refractivity contribution in [2.45, 2.75) is 26.3 Å². The zero-order valence-corrected chi connectivity index (χ0v) is 24.4. The number of anilines is 3. The van der Waals surface area contributed by atoms with Crippen molar-refractivity contribution in [2.24, 2.45) is 0 Å². The Morgan fingerprint density at radius 1 is 0.791 bits per heavy atom. The second-order valence-corrected chi connectivity index (χ2v) is 12.3. The number of carboxylic acid groups (broad SMARTS) is 1. The van der Waals surface area contributed by atoms with Crippen molar-refractivity contribution in [3.8, 4) is 0 Å². The van der Waals surface area contributed by atoms with Gasteiger partial charge in [0.15, 0.2) is 0 Å². The standard InChI is InChI=1S/C34H27N3O4S2/c38-32(35-24-19-17-23(18-20-24)33(39)40)31(22-9-2-1-3-10-22)42-26-12-8-11-25(21-26)36-34(41)37-27-13-4-6-15-29(27)43-30-16-7-5-14-28(30)37/h1-21,27,29,31H,(H,35,38)(H,36,41)(H,39,40). The lowest BCUT2D eigenvalue weighted by Crippen LogP contribution is -2.49. The molecule has 43 heavy (non-hydrogen) atoms. The fraction of sp³-hybridized carbons (Fsp3) is 0.0882. The Labute approximate surface area is 257 Å². The van der Waals surface area contributed by atoms with Crippen LogP contribution in [0.3, 0.4) is 0 Å². The maximum Gasteiger partial charge on any atom is 0.335 e. The van der Waals surface area contributed by atoms with E-state index in [4.69, 9.17) is 0 Å². The molecule has 3 amide bonds. The fourth-order valence-corrected chi connectivity index (χ4v) is 7.34. The van der Waals surface area contributed by atoms with Crippen molar-refractivity contribution in [2.75, 3.05) is 15.5 Å². The van der Waals surface area contributed by atoms with Crippen molar-refractivity contribution in [1.29, 1.82) is 0 Å². The minimum absolute atomic E-state index is 0.113. The summed E-state index contributed by atoms with van der Waals surface area (Å²) in [5.74, 6) is -1.28. The van der Waals surface area contributed by atoms with Gasteiger partial charge in [-0.15, -0.1) is 23.5 Å². The summed E-state index contributed by atoms with van der Waals surface area (Å²) in [5, 5.41) is 14.7. The number of carbonyl (C=O) groups excluding carboxylic acids is 2. The smallest absolute Gasteiger partial charge is 0.335 e. The van der Waals surface area contributed by atoms with Gasteiger partial charge in [-0.2, -0.15) is 0 Å². The summed E-state index contributed by atoms with van der Waals surface area (Å²) >= 11 is 3.12. The third-order valence-electron chi connectivity index (χ3n) is 7.04. The fourth-order valence-electron chi connectivity index (χ4n) is 5.00. The highest BCUT2D eigenvalue weighted by Crippen LogP contribution is 2.44. The Morgan fingerprint density at radius 2 is 1.53 bits per heavy atom. The maximum atomic E-state index is 13.8. The van der Waals surface area contributed by atoms with Gasteiger partial charge in [0.05, 0.1) is 22.5 Å². The molecule has 6 rings (SSSR count). The lowest BCUT2D eigenvalue weighted by Gasteiger charge is -2.40. The van der Waals surface area contributed by atoms with E-state index in [-0.39, 0.29) is 28.8 Å². The number of urea groups is 1. The molecule has 3 unspecified atom stereocenters. The van der Waals surface area contributed by atoms with E-state index >= 15 is 0 Å². The third-order valence-corrected chi connectivity index (χ3v) is 9.60. The molecule has 0 radical (unpaired) electrons. The Bertz CT molecular complexity index is 1720. The van der Waals surface area contributed by atoms with Gasteiger partial charge >= 0.3 is 12.0 Å². The number of benzene rings is 4. The first kappa shape index (κ1) is 28.4. The Balaban J connectivity index is 1.22. The summed E-state index contributed by atoms with van der Waals surface area (Å²) < 4.78 is 0. The highest BCUT2D eigenvalue weighted by Gasteiger charge is 2.36. The molecular weight excluding hydrogens is 579 g/mol. The molecule has 1 heterocycles. The number of hydrogen-bond donors (Lipinski definition) is 3. The van der Waals surface area contributed by atoms with E-state index in [0.29, 0.717) is 11.4 Å². The van der Waals surface area contributed by atoms with Crippen molar-refractivity contribution in [3.05, 3.63) is 139 Å². The van der Waals surface area contributed by atoms with Gasteiger partial charge in [0.25, 0.3) is 0 Å². The number of para-hydroxylation sites is 1. The number of fused-ring (bicyclic) bond motifs is 2. The zero-order valence-electron chi connectivity index (χ0n) is 22.8. The molecule has 2 aliphatic rings. The van der Waals surface area contributed by atoms with Crippen molar-refractivity contribution < 1.29 is 19.5 Å². The summed E-state index contributed by atoms with van der Waals surface area (Å²) in [6, 6.07) is 30.5. The predicted octanol–water partition coefficient (Wildman–Crippen LogP) is 7.86. The molecule has 0 aromatic heterocycles. The first-order valence-corrected chi connectivity index (χ1v) is 15.4. The molecule has 3 atom stereocenters. The topological polar surface area (TPSA) is 98.7 Å². The molecule has 4 aromatic carbocycles. The molecule has 0 saturated heterocycles. The van der Waals surface area contributed by atoms with E-state index in [1.807, 2.05) is 95.9 Å². The van der Waals surface area contributed by atoms with Crippen LogP contribution >= 0.6 is 23.5 Å². The Kier molecular flexibility index (Phi) is 8.35. The summed E-state index contributed by atoms with van der Waals surface area (Å²) in [6.07, 6.45) is 8.17. The van der Waals surface area contributed by atoms with Crippen molar-refractivity contribution >= 4 is 58.5 Å². The summed E-state index contributed by atoms with van der Waals surface area (Å²) in [6.45, 7) is 0. The minimum atomic E-state index is -1.03.